The van der Waals surface area contributed by atoms with E-state index in [4.69, 9.17) is 0 Å². The molecule has 0 aliphatic rings. The predicted octanol–water partition coefficient (Wildman–Crippen LogP) is 4.95. The van der Waals surface area contributed by atoms with Crippen LogP contribution in [0.2, 0.25) is 0 Å². The molecule has 1 N–H and O–H groups in total. The Morgan fingerprint density at radius 2 is 1.13 bits per heavy atom. The van der Waals surface area contributed by atoms with Crippen LogP contribution in [0.4, 0.5) is 0 Å². The fourth-order valence-electron chi connectivity index (χ4n) is 2.79. The van der Waals surface area contributed by atoms with Crippen molar-refractivity contribution in [3.63, 3.8) is 0 Å². The summed E-state index contributed by atoms with van der Waals surface area (Å²) in [4.78, 5) is 0. The average Bonchev–Trinajstić information content (AvgIpc) is 2.62. The largest absolute Gasteiger partial charge is 0.392 e. The van der Waals surface area contributed by atoms with E-state index in [2.05, 4.69) is 43.3 Å². The first-order valence-corrected chi connectivity index (χ1v) is 7.81. The number of aliphatic hydroxyl groups excluding tert-OH is 1. The topological polar surface area (TPSA) is 20.2 Å². The lowest BCUT2D eigenvalue weighted by molar-refractivity contribution is 0.350. The second-order valence-corrected chi connectivity index (χ2v) is 5.61. The molecule has 0 bridgehead atoms. The van der Waals surface area contributed by atoms with E-state index >= 15 is 0 Å². The zero-order valence-corrected chi connectivity index (χ0v) is 13.2. The van der Waals surface area contributed by atoms with Crippen LogP contribution >= 0.6 is 0 Å². The third-order valence-electron chi connectivity index (χ3n) is 3.98. The standard InChI is InChI=1S/C22H20O/c1-17-12-14-20(15-13-17)22(19-10-6-3-7-11-19)21(16-23)18-8-4-2-5-9-18/h2-15,23H,16H2,1H3/b22-21-. The van der Waals surface area contributed by atoms with Crippen molar-refractivity contribution >= 4 is 11.1 Å². The zero-order valence-electron chi connectivity index (χ0n) is 13.2. The fourth-order valence-corrected chi connectivity index (χ4v) is 2.79. The molecule has 0 amide bonds. The maximum atomic E-state index is 10.1. The van der Waals surface area contributed by atoms with Gasteiger partial charge in [-0.1, -0.05) is 90.5 Å². The summed E-state index contributed by atoms with van der Waals surface area (Å²) in [6.07, 6.45) is 0. The van der Waals surface area contributed by atoms with Crippen LogP contribution in [0.15, 0.2) is 84.9 Å². The van der Waals surface area contributed by atoms with E-state index in [1.54, 1.807) is 0 Å². The van der Waals surface area contributed by atoms with Crippen molar-refractivity contribution < 1.29 is 5.11 Å². The summed E-state index contributed by atoms with van der Waals surface area (Å²) in [7, 11) is 0. The van der Waals surface area contributed by atoms with E-state index in [0.29, 0.717) is 0 Å². The fraction of sp³-hybridized carbons (Fsp3) is 0.0909. The van der Waals surface area contributed by atoms with Crippen LogP contribution < -0.4 is 0 Å². The van der Waals surface area contributed by atoms with Gasteiger partial charge in [-0.2, -0.15) is 0 Å². The smallest absolute Gasteiger partial charge is 0.0693 e. The monoisotopic (exact) mass is 300 g/mol. The number of hydrogen-bond acceptors (Lipinski definition) is 1. The van der Waals surface area contributed by atoms with Gasteiger partial charge in [0.25, 0.3) is 0 Å². The first-order chi connectivity index (χ1) is 11.3. The van der Waals surface area contributed by atoms with Gasteiger partial charge in [-0.25, -0.2) is 0 Å². The lowest BCUT2D eigenvalue weighted by Crippen LogP contribution is -1.99. The number of benzene rings is 3. The van der Waals surface area contributed by atoms with Gasteiger partial charge in [-0.05, 0) is 34.8 Å². The van der Waals surface area contributed by atoms with Crippen molar-refractivity contribution in [2.75, 3.05) is 6.61 Å². The number of aryl methyl sites for hydroxylation is 1. The summed E-state index contributed by atoms with van der Waals surface area (Å²) in [5.74, 6) is 0. The van der Waals surface area contributed by atoms with E-state index < -0.39 is 0 Å². The van der Waals surface area contributed by atoms with Gasteiger partial charge in [-0.15, -0.1) is 0 Å². The van der Waals surface area contributed by atoms with E-state index in [0.717, 1.165) is 27.8 Å². The van der Waals surface area contributed by atoms with Gasteiger partial charge in [0.1, 0.15) is 0 Å². The summed E-state index contributed by atoms with van der Waals surface area (Å²) in [5, 5.41) is 10.1. The Morgan fingerprint density at radius 1 is 0.652 bits per heavy atom. The van der Waals surface area contributed by atoms with Gasteiger partial charge < -0.3 is 5.11 Å². The van der Waals surface area contributed by atoms with Crippen molar-refractivity contribution in [2.24, 2.45) is 0 Å². The van der Waals surface area contributed by atoms with Gasteiger partial charge >= 0.3 is 0 Å². The molecule has 114 valence electrons. The van der Waals surface area contributed by atoms with Crippen LogP contribution in [0.5, 0.6) is 0 Å². The van der Waals surface area contributed by atoms with Crippen LogP contribution in [0, 0.1) is 6.92 Å². The Hall–Kier alpha value is -2.64. The Balaban J connectivity index is 2.26. The molecule has 0 aliphatic carbocycles. The van der Waals surface area contributed by atoms with Crippen LogP contribution in [-0.2, 0) is 0 Å². The molecule has 1 nitrogen and oxygen atoms in total. The molecule has 23 heavy (non-hydrogen) atoms. The van der Waals surface area contributed by atoms with E-state index in [9.17, 15) is 5.11 Å². The summed E-state index contributed by atoms with van der Waals surface area (Å²) < 4.78 is 0. The Kier molecular flexibility index (Phi) is 4.70. The quantitative estimate of drug-likeness (QED) is 0.676. The molecule has 3 rings (SSSR count). The molecule has 3 aromatic rings. The second-order valence-electron chi connectivity index (χ2n) is 5.61. The van der Waals surface area contributed by atoms with Crippen molar-refractivity contribution in [3.8, 4) is 0 Å². The summed E-state index contributed by atoms with van der Waals surface area (Å²) in [5.41, 5.74) is 6.54. The molecule has 1 heteroatoms. The minimum Gasteiger partial charge on any atom is -0.392 e. The molecular formula is C22H20O. The van der Waals surface area contributed by atoms with Crippen molar-refractivity contribution in [1.82, 2.24) is 0 Å². The molecule has 0 aliphatic heterocycles. The van der Waals surface area contributed by atoms with Gasteiger partial charge in [0.2, 0.25) is 0 Å². The number of aliphatic hydroxyl groups is 1. The SMILES string of the molecule is Cc1ccc(/C(=C(/CO)c2ccccc2)c2ccccc2)cc1. The van der Waals surface area contributed by atoms with E-state index in [1.807, 2.05) is 48.5 Å². The maximum Gasteiger partial charge on any atom is 0.0693 e. The highest BCUT2D eigenvalue weighted by Gasteiger charge is 2.13. The summed E-state index contributed by atoms with van der Waals surface area (Å²) >= 11 is 0. The minimum absolute atomic E-state index is 0.00210. The summed E-state index contributed by atoms with van der Waals surface area (Å²) in [6, 6.07) is 28.8. The molecule has 3 aromatic carbocycles. The number of rotatable bonds is 4. The third kappa shape index (κ3) is 3.41. The molecule has 0 radical (unpaired) electrons. The van der Waals surface area contributed by atoms with Crippen LogP contribution in [0.3, 0.4) is 0 Å². The van der Waals surface area contributed by atoms with E-state index in [-0.39, 0.29) is 6.61 Å². The van der Waals surface area contributed by atoms with Gasteiger partial charge in [0.15, 0.2) is 0 Å². The lowest BCUT2D eigenvalue weighted by Gasteiger charge is -2.16. The molecule has 0 spiro atoms. The van der Waals surface area contributed by atoms with Crippen molar-refractivity contribution in [3.05, 3.63) is 107 Å². The highest BCUT2D eigenvalue weighted by molar-refractivity contribution is 5.98. The molecule has 0 unspecified atom stereocenters. The van der Waals surface area contributed by atoms with Crippen LogP contribution in [0.1, 0.15) is 22.3 Å². The highest BCUT2D eigenvalue weighted by atomic mass is 16.3. The predicted molar refractivity (Wildman–Crippen MR) is 97.1 cm³/mol. The molecule has 0 saturated heterocycles. The first kappa shape index (κ1) is 15.3. The molecule has 0 atom stereocenters. The van der Waals surface area contributed by atoms with Crippen molar-refractivity contribution in [2.45, 2.75) is 6.92 Å². The van der Waals surface area contributed by atoms with E-state index in [1.165, 1.54) is 5.56 Å². The Morgan fingerprint density at radius 3 is 1.65 bits per heavy atom. The van der Waals surface area contributed by atoms with Crippen LogP contribution in [-0.4, -0.2) is 11.7 Å². The molecular weight excluding hydrogens is 280 g/mol. The summed E-state index contributed by atoms with van der Waals surface area (Å²) in [6.45, 7) is 2.09. The average molecular weight is 300 g/mol. The van der Waals surface area contributed by atoms with Gasteiger partial charge in [0.05, 0.1) is 6.61 Å². The molecule has 0 fully saturated rings. The Bertz CT molecular complexity index is 784. The molecule has 0 saturated carbocycles. The third-order valence-corrected chi connectivity index (χ3v) is 3.98. The highest BCUT2D eigenvalue weighted by Crippen LogP contribution is 2.32. The van der Waals surface area contributed by atoms with Crippen molar-refractivity contribution in [1.29, 1.82) is 0 Å². The molecule has 0 aromatic heterocycles. The lowest BCUT2D eigenvalue weighted by atomic mass is 9.89. The van der Waals surface area contributed by atoms with Crippen LogP contribution in [0.25, 0.3) is 11.1 Å². The van der Waals surface area contributed by atoms with Gasteiger partial charge in [-0.3, -0.25) is 0 Å². The first-order valence-electron chi connectivity index (χ1n) is 7.81. The zero-order chi connectivity index (χ0) is 16.1. The minimum atomic E-state index is 0.00210. The second kappa shape index (κ2) is 7.08. The maximum absolute atomic E-state index is 10.1. The molecule has 0 heterocycles. The van der Waals surface area contributed by atoms with Gasteiger partial charge in [0, 0.05) is 0 Å². The Labute approximate surface area is 137 Å². The number of hydrogen-bond donors (Lipinski definition) is 1. The normalized spacial score (nSPS) is 11.9.